The molecule has 0 amide bonds. The summed E-state index contributed by atoms with van der Waals surface area (Å²) in [6, 6.07) is 16.2. The molecule has 3 aromatic rings. The second-order valence-corrected chi connectivity index (χ2v) is 5.98. The van der Waals surface area contributed by atoms with Crippen molar-refractivity contribution in [2.75, 3.05) is 6.61 Å². The summed E-state index contributed by atoms with van der Waals surface area (Å²) in [5, 5.41) is 4.01. The van der Waals surface area contributed by atoms with Crippen molar-refractivity contribution in [2.24, 2.45) is 0 Å². The van der Waals surface area contributed by atoms with E-state index in [0.717, 1.165) is 39.3 Å². The Morgan fingerprint density at radius 3 is 2.04 bits per heavy atom. The molecule has 128 valence electrons. The molecule has 1 aromatic heterocycles. The molecule has 0 fully saturated rings. The smallest absolute Gasteiger partial charge is 0.310 e. The van der Waals surface area contributed by atoms with Gasteiger partial charge in [0, 0.05) is 11.1 Å². The van der Waals surface area contributed by atoms with Gasteiger partial charge in [-0.2, -0.15) is 0 Å². The van der Waals surface area contributed by atoms with Crippen LogP contribution < -0.4 is 0 Å². The molecule has 0 saturated heterocycles. The summed E-state index contributed by atoms with van der Waals surface area (Å²) in [5.41, 5.74) is 6.16. The van der Waals surface area contributed by atoms with Gasteiger partial charge in [0.25, 0.3) is 0 Å². The van der Waals surface area contributed by atoms with E-state index in [2.05, 4.69) is 17.3 Å². The predicted molar refractivity (Wildman–Crippen MR) is 97.2 cm³/mol. The van der Waals surface area contributed by atoms with E-state index in [1.54, 1.807) is 0 Å². The van der Waals surface area contributed by atoms with Gasteiger partial charge in [-0.3, -0.25) is 4.79 Å². The van der Waals surface area contributed by atoms with Gasteiger partial charge in [-0.05, 0) is 37.5 Å². The first-order chi connectivity index (χ1) is 12.1. The number of ether oxygens (including phenoxy) is 1. The van der Waals surface area contributed by atoms with E-state index in [4.69, 9.17) is 9.26 Å². The van der Waals surface area contributed by atoms with Gasteiger partial charge in [0.05, 0.1) is 18.7 Å². The van der Waals surface area contributed by atoms with Gasteiger partial charge in [0.1, 0.15) is 0 Å². The molecule has 0 saturated carbocycles. The molecule has 0 radical (unpaired) electrons. The van der Waals surface area contributed by atoms with Gasteiger partial charge in [-0.25, -0.2) is 0 Å². The van der Waals surface area contributed by atoms with Crippen LogP contribution in [0.5, 0.6) is 0 Å². The van der Waals surface area contributed by atoms with Gasteiger partial charge >= 0.3 is 5.97 Å². The van der Waals surface area contributed by atoms with Crippen LogP contribution >= 0.6 is 0 Å². The number of nitrogens with zero attached hydrogens (tertiary/aromatic N) is 1. The Kier molecular flexibility index (Phi) is 4.98. The molecule has 0 aliphatic rings. The normalized spacial score (nSPS) is 10.7. The van der Waals surface area contributed by atoms with Crippen molar-refractivity contribution >= 4 is 5.97 Å². The minimum absolute atomic E-state index is 0.197. The Morgan fingerprint density at radius 1 is 0.960 bits per heavy atom. The molecule has 4 heteroatoms. The van der Waals surface area contributed by atoms with Gasteiger partial charge < -0.3 is 9.26 Å². The average molecular weight is 335 g/mol. The van der Waals surface area contributed by atoms with E-state index in [0.29, 0.717) is 13.0 Å². The van der Waals surface area contributed by atoms with Crippen LogP contribution in [0.1, 0.15) is 23.7 Å². The van der Waals surface area contributed by atoms with Gasteiger partial charge in [-0.1, -0.05) is 53.7 Å². The number of carbonyl (C=O) groups is 1. The van der Waals surface area contributed by atoms with E-state index in [9.17, 15) is 4.79 Å². The fourth-order valence-corrected chi connectivity index (χ4v) is 2.69. The average Bonchev–Trinajstić information content (AvgIpc) is 2.95. The number of carbonyl (C=O) groups excluding carboxylic acids is 1. The highest BCUT2D eigenvalue weighted by molar-refractivity contribution is 5.74. The number of hydrogen-bond acceptors (Lipinski definition) is 4. The topological polar surface area (TPSA) is 52.3 Å². The van der Waals surface area contributed by atoms with Crippen LogP contribution in [-0.4, -0.2) is 17.7 Å². The third-order valence-electron chi connectivity index (χ3n) is 4.25. The monoisotopic (exact) mass is 335 g/mol. The van der Waals surface area contributed by atoms with Crippen LogP contribution in [0.4, 0.5) is 0 Å². The zero-order chi connectivity index (χ0) is 17.8. The van der Waals surface area contributed by atoms with Gasteiger partial charge in [0.2, 0.25) is 0 Å². The zero-order valence-corrected chi connectivity index (χ0v) is 14.7. The summed E-state index contributed by atoms with van der Waals surface area (Å²) >= 11 is 0. The second kappa shape index (κ2) is 7.34. The Hall–Kier alpha value is -2.88. The molecule has 0 unspecified atom stereocenters. The quantitative estimate of drug-likeness (QED) is 0.632. The molecule has 0 spiro atoms. The molecule has 3 rings (SSSR count). The number of hydrogen-bond donors (Lipinski definition) is 0. The molecular formula is C21H21NO3. The van der Waals surface area contributed by atoms with Crippen molar-refractivity contribution in [2.45, 2.75) is 27.2 Å². The van der Waals surface area contributed by atoms with Crippen molar-refractivity contribution in [3.63, 3.8) is 0 Å². The van der Waals surface area contributed by atoms with Crippen LogP contribution in [0.25, 0.3) is 22.5 Å². The number of benzene rings is 2. The van der Waals surface area contributed by atoms with Crippen molar-refractivity contribution < 1.29 is 14.1 Å². The summed E-state index contributed by atoms with van der Waals surface area (Å²) in [5.74, 6) is 0.617. The maximum Gasteiger partial charge on any atom is 0.310 e. The number of rotatable bonds is 5. The third kappa shape index (κ3) is 3.79. The highest BCUT2D eigenvalue weighted by Gasteiger charge is 2.11. The van der Waals surface area contributed by atoms with E-state index in [1.807, 2.05) is 57.2 Å². The highest BCUT2D eigenvalue weighted by atomic mass is 16.5. The fourth-order valence-electron chi connectivity index (χ4n) is 2.69. The first-order valence-electron chi connectivity index (χ1n) is 8.36. The Labute approximate surface area is 147 Å². The number of aromatic nitrogens is 1. The van der Waals surface area contributed by atoms with Crippen molar-refractivity contribution in [1.82, 2.24) is 5.16 Å². The summed E-state index contributed by atoms with van der Waals surface area (Å²) in [6.07, 6.45) is 0.303. The lowest BCUT2D eigenvalue weighted by Crippen LogP contribution is -2.07. The summed E-state index contributed by atoms with van der Waals surface area (Å²) in [6.45, 7) is 6.17. The van der Waals surface area contributed by atoms with Crippen molar-refractivity contribution in [3.05, 3.63) is 65.4 Å². The van der Waals surface area contributed by atoms with Crippen LogP contribution in [0, 0.1) is 13.8 Å². The summed E-state index contributed by atoms with van der Waals surface area (Å²) in [4.78, 5) is 11.5. The minimum atomic E-state index is -0.197. The Morgan fingerprint density at radius 2 is 1.52 bits per heavy atom. The van der Waals surface area contributed by atoms with Crippen LogP contribution in [0.3, 0.4) is 0 Å². The van der Waals surface area contributed by atoms with Crippen molar-refractivity contribution in [1.29, 1.82) is 0 Å². The van der Waals surface area contributed by atoms with Crippen LogP contribution in [-0.2, 0) is 16.0 Å². The predicted octanol–water partition coefficient (Wildman–Crippen LogP) is 4.73. The maximum absolute atomic E-state index is 11.5. The van der Waals surface area contributed by atoms with E-state index >= 15 is 0 Å². The van der Waals surface area contributed by atoms with Crippen LogP contribution in [0.2, 0.25) is 0 Å². The SMILES string of the molecule is CCOC(=O)Cc1ccc(-c2ccc(-c3onc(C)c3C)cc2)cc1. The lowest BCUT2D eigenvalue weighted by Gasteiger charge is -2.06. The maximum atomic E-state index is 11.5. The molecule has 0 N–H and O–H groups in total. The number of aryl methyl sites for hydroxylation is 1. The first-order valence-corrected chi connectivity index (χ1v) is 8.36. The first kappa shape index (κ1) is 17.0. The second-order valence-electron chi connectivity index (χ2n) is 5.98. The molecule has 25 heavy (non-hydrogen) atoms. The number of esters is 1. The zero-order valence-electron chi connectivity index (χ0n) is 14.7. The lowest BCUT2D eigenvalue weighted by atomic mass is 10.00. The Balaban J connectivity index is 1.76. The van der Waals surface area contributed by atoms with E-state index in [1.165, 1.54) is 0 Å². The summed E-state index contributed by atoms with van der Waals surface area (Å²) in [7, 11) is 0. The standard InChI is InChI=1S/C21H21NO3/c1-4-24-20(23)13-16-5-7-17(8-6-16)18-9-11-19(12-10-18)21-14(2)15(3)22-25-21/h5-12H,4,13H2,1-3H3. The largest absolute Gasteiger partial charge is 0.466 e. The van der Waals surface area contributed by atoms with E-state index in [-0.39, 0.29) is 5.97 Å². The van der Waals surface area contributed by atoms with Gasteiger partial charge in [-0.15, -0.1) is 0 Å². The van der Waals surface area contributed by atoms with Gasteiger partial charge in [0.15, 0.2) is 5.76 Å². The lowest BCUT2D eigenvalue weighted by molar-refractivity contribution is -0.142. The molecule has 1 heterocycles. The Bertz CT molecular complexity index is 861. The highest BCUT2D eigenvalue weighted by Crippen LogP contribution is 2.28. The van der Waals surface area contributed by atoms with E-state index < -0.39 is 0 Å². The molecule has 4 nitrogen and oxygen atoms in total. The molecule has 0 aliphatic carbocycles. The van der Waals surface area contributed by atoms with Crippen molar-refractivity contribution in [3.8, 4) is 22.5 Å². The molecule has 0 aliphatic heterocycles. The van der Waals surface area contributed by atoms with Crippen LogP contribution in [0.15, 0.2) is 53.1 Å². The molecule has 0 bridgehead atoms. The fraction of sp³-hybridized carbons (Fsp3) is 0.238. The summed E-state index contributed by atoms with van der Waals surface area (Å²) < 4.78 is 10.4. The molecule has 2 aromatic carbocycles. The minimum Gasteiger partial charge on any atom is -0.466 e. The molecular weight excluding hydrogens is 314 g/mol. The third-order valence-corrected chi connectivity index (χ3v) is 4.25. The molecule has 0 atom stereocenters.